The molecular weight excluding hydrogens is 366 g/mol. The summed E-state index contributed by atoms with van der Waals surface area (Å²) in [6.07, 6.45) is 0.899. The lowest BCUT2D eigenvalue weighted by Gasteiger charge is -2.15. The average Bonchev–Trinajstić information content (AvgIpc) is 2.75. The van der Waals surface area contributed by atoms with Crippen LogP contribution >= 0.6 is 0 Å². The third-order valence-electron chi connectivity index (χ3n) is 4.89. The Morgan fingerprint density at radius 3 is 2.24 bits per heavy atom. The Hall–Kier alpha value is -3.93. The van der Waals surface area contributed by atoms with Crippen molar-refractivity contribution in [3.63, 3.8) is 0 Å². The molecule has 1 heterocycles. The number of hydrogen-bond acceptors (Lipinski definition) is 4. The lowest BCUT2D eigenvalue weighted by Crippen LogP contribution is -2.23. The van der Waals surface area contributed by atoms with E-state index in [0.29, 0.717) is 22.3 Å². The van der Waals surface area contributed by atoms with E-state index in [-0.39, 0.29) is 5.69 Å². The molecule has 6 nitrogen and oxygen atoms in total. The van der Waals surface area contributed by atoms with E-state index in [2.05, 4.69) is 12.2 Å². The van der Waals surface area contributed by atoms with Gasteiger partial charge >= 0.3 is 11.2 Å². The van der Waals surface area contributed by atoms with Crippen molar-refractivity contribution in [2.45, 2.75) is 13.3 Å². The monoisotopic (exact) mass is 385 g/mol. The van der Waals surface area contributed by atoms with E-state index in [1.165, 1.54) is 4.57 Å². The molecule has 6 heteroatoms. The molecule has 0 unspecified atom stereocenters. The van der Waals surface area contributed by atoms with Gasteiger partial charge in [0.2, 0.25) is 0 Å². The normalized spacial score (nSPS) is 10.8. The third-order valence-corrected chi connectivity index (χ3v) is 4.89. The minimum atomic E-state index is -0.674. The number of nitrogens with zero attached hydrogens (tertiary/aromatic N) is 2. The van der Waals surface area contributed by atoms with Crippen LogP contribution in [0, 0.1) is 10.1 Å². The zero-order valence-corrected chi connectivity index (χ0v) is 15.8. The summed E-state index contributed by atoms with van der Waals surface area (Å²) in [5.41, 5.74) is 2.08. The van der Waals surface area contributed by atoms with Crippen molar-refractivity contribution in [1.29, 1.82) is 0 Å². The first-order valence-electron chi connectivity index (χ1n) is 9.33. The first kappa shape index (κ1) is 18.4. The highest BCUT2D eigenvalue weighted by Gasteiger charge is 2.26. The minimum Gasteiger partial charge on any atom is -0.349 e. The molecule has 29 heavy (non-hydrogen) atoms. The van der Waals surface area contributed by atoms with E-state index in [1.807, 2.05) is 36.4 Å². The summed E-state index contributed by atoms with van der Waals surface area (Å²) in [6, 6.07) is 23.8. The lowest BCUT2D eigenvalue weighted by molar-refractivity contribution is -0.385. The number of aromatic nitrogens is 1. The largest absolute Gasteiger partial charge is 0.358 e. The summed E-state index contributed by atoms with van der Waals surface area (Å²) in [5, 5.41) is 15.6. The number of rotatable bonds is 5. The molecule has 0 radical (unpaired) electrons. The van der Waals surface area contributed by atoms with Gasteiger partial charge in [-0.2, -0.15) is 0 Å². The molecule has 0 saturated heterocycles. The highest BCUT2D eigenvalue weighted by atomic mass is 16.6. The molecule has 0 saturated carbocycles. The van der Waals surface area contributed by atoms with Crippen LogP contribution in [0.3, 0.4) is 0 Å². The van der Waals surface area contributed by atoms with Crippen LogP contribution in [0.5, 0.6) is 0 Å². The van der Waals surface area contributed by atoms with Crippen molar-refractivity contribution in [2.75, 3.05) is 5.32 Å². The topological polar surface area (TPSA) is 77.2 Å². The molecular formula is C23H19N3O3. The molecule has 0 aliphatic carbocycles. The molecule has 3 aromatic carbocycles. The SMILES string of the molecule is CCc1ccc(Nc2c([N+](=O)[O-])c(=O)n(-c3ccccc3)c3ccccc23)cc1. The summed E-state index contributed by atoms with van der Waals surface area (Å²) >= 11 is 0. The summed E-state index contributed by atoms with van der Waals surface area (Å²) in [6.45, 7) is 2.06. The highest BCUT2D eigenvalue weighted by Crippen LogP contribution is 2.33. The second-order valence-corrected chi connectivity index (χ2v) is 6.65. The quantitative estimate of drug-likeness (QED) is 0.378. The van der Waals surface area contributed by atoms with E-state index in [9.17, 15) is 14.9 Å². The van der Waals surface area contributed by atoms with Crippen LogP contribution < -0.4 is 10.9 Å². The fraction of sp³-hybridized carbons (Fsp3) is 0.0870. The van der Waals surface area contributed by atoms with E-state index < -0.39 is 16.2 Å². The molecule has 0 amide bonds. The zero-order valence-electron chi connectivity index (χ0n) is 15.8. The second kappa shape index (κ2) is 7.59. The number of nitrogens with one attached hydrogen (secondary N) is 1. The Kier molecular flexibility index (Phi) is 4.83. The molecule has 144 valence electrons. The van der Waals surface area contributed by atoms with Gasteiger partial charge in [-0.05, 0) is 42.3 Å². The number of fused-ring (bicyclic) bond motifs is 1. The van der Waals surface area contributed by atoms with E-state index in [1.54, 1.807) is 42.5 Å². The molecule has 0 aliphatic heterocycles. The number of nitro groups is 1. The number of anilines is 2. The second-order valence-electron chi connectivity index (χ2n) is 6.65. The fourth-order valence-electron chi connectivity index (χ4n) is 3.43. The van der Waals surface area contributed by atoms with Crippen molar-refractivity contribution in [1.82, 2.24) is 4.57 Å². The maximum atomic E-state index is 13.2. The summed E-state index contributed by atoms with van der Waals surface area (Å²) in [5.74, 6) is 0. The molecule has 0 bridgehead atoms. The van der Waals surface area contributed by atoms with Gasteiger partial charge in [-0.3, -0.25) is 19.5 Å². The Labute approximate surface area is 167 Å². The Morgan fingerprint density at radius 2 is 1.59 bits per heavy atom. The molecule has 4 aromatic rings. The average molecular weight is 385 g/mol. The fourth-order valence-corrected chi connectivity index (χ4v) is 3.43. The number of benzene rings is 3. The Bertz CT molecular complexity index is 1250. The van der Waals surface area contributed by atoms with Crippen molar-refractivity contribution < 1.29 is 4.92 Å². The van der Waals surface area contributed by atoms with Gasteiger partial charge in [0, 0.05) is 16.8 Å². The summed E-state index contributed by atoms with van der Waals surface area (Å²) in [7, 11) is 0. The predicted molar refractivity (Wildman–Crippen MR) is 115 cm³/mol. The van der Waals surface area contributed by atoms with Crippen molar-refractivity contribution in [3.8, 4) is 5.69 Å². The minimum absolute atomic E-state index is 0.201. The van der Waals surface area contributed by atoms with Crippen molar-refractivity contribution in [3.05, 3.63) is 105 Å². The standard InChI is InChI=1S/C23H19N3O3/c1-2-16-12-14-17(15-13-16)24-21-19-10-6-7-11-20(19)25(18-8-4-3-5-9-18)23(27)22(21)26(28)29/h3-15,24H,2H2,1H3. The molecule has 0 spiro atoms. The summed E-state index contributed by atoms with van der Waals surface area (Å²) < 4.78 is 1.39. The van der Waals surface area contributed by atoms with Crippen LogP contribution in [0.15, 0.2) is 83.7 Å². The first-order valence-corrected chi connectivity index (χ1v) is 9.33. The van der Waals surface area contributed by atoms with Crippen LogP contribution in [0.2, 0.25) is 0 Å². The Morgan fingerprint density at radius 1 is 0.931 bits per heavy atom. The number of hydrogen-bond donors (Lipinski definition) is 1. The number of para-hydroxylation sites is 2. The maximum Gasteiger partial charge on any atom is 0.358 e. The van der Waals surface area contributed by atoms with Crippen molar-refractivity contribution in [2.24, 2.45) is 0 Å². The van der Waals surface area contributed by atoms with Crippen LogP contribution in [0.25, 0.3) is 16.6 Å². The van der Waals surface area contributed by atoms with Gasteiger partial charge < -0.3 is 5.32 Å². The zero-order chi connectivity index (χ0) is 20.4. The van der Waals surface area contributed by atoms with Crippen LogP contribution in [0.1, 0.15) is 12.5 Å². The van der Waals surface area contributed by atoms with E-state index in [4.69, 9.17) is 0 Å². The first-order chi connectivity index (χ1) is 14.1. The predicted octanol–water partition coefficient (Wildman–Crippen LogP) is 5.20. The van der Waals surface area contributed by atoms with Crippen LogP contribution in [-0.4, -0.2) is 9.49 Å². The molecule has 0 aliphatic rings. The molecule has 4 rings (SSSR count). The van der Waals surface area contributed by atoms with E-state index in [0.717, 1.165) is 12.0 Å². The van der Waals surface area contributed by atoms with Gasteiger partial charge in [-0.25, -0.2) is 0 Å². The lowest BCUT2D eigenvalue weighted by atomic mass is 10.1. The van der Waals surface area contributed by atoms with E-state index >= 15 is 0 Å². The van der Waals surface area contributed by atoms with Gasteiger partial charge in [-0.15, -0.1) is 0 Å². The van der Waals surface area contributed by atoms with Gasteiger partial charge in [0.25, 0.3) is 0 Å². The third kappa shape index (κ3) is 3.36. The van der Waals surface area contributed by atoms with Crippen LogP contribution in [0.4, 0.5) is 17.1 Å². The van der Waals surface area contributed by atoms with Crippen LogP contribution in [-0.2, 0) is 6.42 Å². The van der Waals surface area contributed by atoms with Crippen molar-refractivity contribution >= 4 is 28.0 Å². The number of aryl methyl sites for hydroxylation is 1. The highest BCUT2D eigenvalue weighted by molar-refractivity contribution is 5.98. The smallest absolute Gasteiger partial charge is 0.349 e. The maximum absolute atomic E-state index is 13.2. The van der Waals surface area contributed by atoms with Gasteiger partial charge in [0.1, 0.15) is 5.69 Å². The van der Waals surface area contributed by atoms with Gasteiger partial charge in [0.15, 0.2) is 0 Å². The van der Waals surface area contributed by atoms with Gasteiger partial charge in [-0.1, -0.05) is 55.5 Å². The molecule has 0 fully saturated rings. The molecule has 1 aromatic heterocycles. The Balaban J connectivity index is 2.00. The number of pyridine rings is 1. The molecule has 0 atom stereocenters. The summed E-state index contributed by atoms with van der Waals surface area (Å²) in [4.78, 5) is 24.5. The molecule has 1 N–H and O–H groups in total. The van der Waals surface area contributed by atoms with Gasteiger partial charge in [0.05, 0.1) is 10.4 Å².